The van der Waals surface area contributed by atoms with Crippen LogP contribution >= 0.6 is 0 Å². The van der Waals surface area contributed by atoms with Crippen molar-refractivity contribution in [3.05, 3.63) is 22.3 Å². The zero-order chi connectivity index (χ0) is 15.6. The minimum absolute atomic E-state index is 0. The van der Waals surface area contributed by atoms with Crippen molar-refractivity contribution in [2.24, 2.45) is 5.92 Å². The Morgan fingerprint density at radius 2 is 1.56 bits per heavy atom. The molecular formula is C20H28Cl2O2Ti. The largest absolute Gasteiger partial charge is 1.00 e. The summed E-state index contributed by atoms with van der Waals surface area (Å²) < 4.78 is 6.55. The fourth-order valence-corrected chi connectivity index (χ4v) is 6.86. The summed E-state index contributed by atoms with van der Waals surface area (Å²) in [5, 5.41) is 0. The molecule has 4 aliphatic carbocycles. The minimum atomic E-state index is -0.612. The number of carbonyl (C=O) groups excluding carboxylic acids is 1. The summed E-state index contributed by atoms with van der Waals surface area (Å²) in [6.45, 7) is 0. The van der Waals surface area contributed by atoms with Gasteiger partial charge in [0.1, 0.15) is 0 Å². The van der Waals surface area contributed by atoms with Gasteiger partial charge in [0.05, 0.1) is 0 Å². The van der Waals surface area contributed by atoms with Crippen molar-refractivity contribution in [1.29, 1.82) is 0 Å². The maximum atomic E-state index is 12.4. The monoisotopic (exact) mass is 418 g/mol. The van der Waals surface area contributed by atoms with Crippen molar-refractivity contribution in [3.63, 3.8) is 0 Å². The van der Waals surface area contributed by atoms with Gasteiger partial charge in [0, 0.05) is 0 Å². The second kappa shape index (κ2) is 9.97. The third-order valence-electron chi connectivity index (χ3n) is 6.32. The van der Waals surface area contributed by atoms with Crippen LogP contribution in [0.1, 0.15) is 83.5 Å². The van der Waals surface area contributed by atoms with Gasteiger partial charge >= 0.3 is 150 Å². The smallest absolute Gasteiger partial charge is 1.00 e. The quantitative estimate of drug-likeness (QED) is 0.586. The Balaban J connectivity index is 0.00000113. The summed E-state index contributed by atoms with van der Waals surface area (Å²) in [5.74, 6) is 0.368. The van der Waals surface area contributed by atoms with Gasteiger partial charge in [-0.15, -0.1) is 0 Å². The Morgan fingerprint density at radius 3 is 2.36 bits per heavy atom. The molecule has 1 saturated carbocycles. The number of allylic oxidation sites excluding steroid dienone is 4. The standard InChI is InChI=1S/C13H17.C7H12O2.2ClH.Ti/c1-3-7-12-10(5-1)9-11-6-2-4-8-13(11)12;8-7(9)6-4-2-1-3-5-6;;;/h5H,1-4,6-9H2;6H,1-5H2,(H,8,9);2*1H;/q;;;;+3/p-3. The van der Waals surface area contributed by atoms with Crippen LogP contribution in [0.15, 0.2) is 22.3 Å². The Labute approximate surface area is 173 Å². The molecule has 0 spiro atoms. The molecule has 0 saturated heterocycles. The molecule has 0 N–H and O–H groups in total. The topological polar surface area (TPSA) is 26.3 Å². The second-order valence-electron chi connectivity index (χ2n) is 7.79. The van der Waals surface area contributed by atoms with E-state index < -0.39 is 19.5 Å². The van der Waals surface area contributed by atoms with Crippen LogP contribution in [0.3, 0.4) is 0 Å². The molecule has 1 fully saturated rings. The number of hydrogen-bond acceptors (Lipinski definition) is 2. The van der Waals surface area contributed by atoms with E-state index in [1.54, 1.807) is 22.3 Å². The van der Waals surface area contributed by atoms with Gasteiger partial charge in [-0.1, -0.05) is 0 Å². The van der Waals surface area contributed by atoms with Crippen LogP contribution in [0.5, 0.6) is 0 Å². The maximum absolute atomic E-state index is 12.4. The van der Waals surface area contributed by atoms with E-state index in [9.17, 15) is 4.79 Å². The van der Waals surface area contributed by atoms with E-state index in [2.05, 4.69) is 0 Å². The van der Waals surface area contributed by atoms with E-state index in [-0.39, 0.29) is 36.7 Å². The first-order valence-electron chi connectivity index (χ1n) is 9.72. The molecule has 0 amide bonds. The Morgan fingerprint density at radius 1 is 0.840 bits per heavy atom. The van der Waals surface area contributed by atoms with Crippen molar-refractivity contribution in [1.82, 2.24) is 0 Å². The summed E-state index contributed by atoms with van der Waals surface area (Å²) in [6, 6.07) is 0. The molecule has 0 aromatic rings. The first-order valence-corrected chi connectivity index (χ1v) is 11.3. The Hall–Kier alpha value is 0.244. The van der Waals surface area contributed by atoms with Crippen LogP contribution < -0.4 is 24.8 Å². The summed E-state index contributed by atoms with van der Waals surface area (Å²) in [5.41, 5.74) is 6.91. The Kier molecular flexibility index (Phi) is 8.59. The van der Waals surface area contributed by atoms with E-state index in [0.717, 1.165) is 12.8 Å². The SMILES string of the molecule is O=C([O][Ti+2][CH]1CCCC2=C1CC1=C2CCCC1)C1CCCCC1.[Cl-].[Cl-]. The molecule has 4 rings (SSSR count). The normalized spacial score (nSPS) is 26.0. The van der Waals surface area contributed by atoms with Crippen LogP contribution in [0.2, 0.25) is 4.22 Å². The van der Waals surface area contributed by atoms with Gasteiger partial charge in [-0.3, -0.25) is 0 Å². The van der Waals surface area contributed by atoms with Gasteiger partial charge in [-0.25, -0.2) is 0 Å². The summed E-state index contributed by atoms with van der Waals surface area (Å²) >= 11 is -0.612. The zero-order valence-electron chi connectivity index (χ0n) is 14.9. The van der Waals surface area contributed by atoms with E-state index in [1.807, 2.05) is 0 Å². The van der Waals surface area contributed by atoms with E-state index in [0.29, 0.717) is 4.22 Å². The van der Waals surface area contributed by atoms with Gasteiger partial charge in [0.2, 0.25) is 0 Å². The van der Waals surface area contributed by atoms with Crippen LogP contribution in [-0.2, 0) is 27.7 Å². The molecule has 0 bridgehead atoms. The molecule has 5 heteroatoms. The number of fused-ring (bicyclic) bond motifs is 1. The third kappa shape index (κ3) is 4.75. The molecular weight excluding hydrogens is 391 g/mol. The first-order chi connectivity index (χ1) is 11.3. The van der Waals surface area contributed by atoms with Crippen molar-refractivity contribution in [2.45, 2.75) is 87.7 Å². The van der Waals surface area contributed by atoms with Crippen molar-refractivity contribution >= 4 is 5.97 Å². The average molecular weight is 419 g/mol. The number of hydrogen-bond donors (Lipinski definition) is 0. The van der Waals surface area contributed by atoms with E-state index in [4.69, 9.17) is 3.32 Å². The Bertz CT molecular complexity index is 550. The van der Waals surface area contributed by atoms with Gasteiger partial charge in [-0.2, -0.15) is 0 Å². The van der Waals surface area contributed by atoms with Crippen molar-refractivity contribution < 1.29 is 52.5 Å². The molecule has 138 valence electrons. The second-order valence-corrected chi connectivity index (χ2v) is 9.56. The number of carbonyl (C=O) groups is 1. The van der Waals surface area contributed by atoms with Gasteiger partial charge in [-0.05, 0) is 0 Å². The molecule has 1 unspecified atom stereocenters. The molecule has 0 aromatic carbocycles. The predicted octanol–water partition coefficient (Wildman–Crippen LogP) is -0.341. The van der Waals surface area contributed by atoms with Crippen LogP contribution in [0, 0.1) is 5.92 Å². The molecule has 0 radical (unpaired) electrons. The molecule has 1 atom stereocenters. The van der Waals surface area contributed by atoms with Crippen molar-refractivity contribution in [3.8, 4) is 0 Å². The average Bonchev–Trinajstić information content (AvgIpc) is 3.00. The molecule has 4 aliphatic rings. The summed E-state index contributed by atoms with van der Waals surface area (Å²) in [7, 11) is 0. The molecule has 0 heterocycles. The fraction of sp³-hybridized carbons (Fsp3) is 0.750. The third-order valence-corrected chi connectivity index (χ3v) is 8.26. The predicted molar refractivity (Wildman–Crippen MR) is 87.4 cm³/mol. The summed E-state index contributed by atoms with van der Waals surface area (Å²) in [6.07, 6.45) is 16.4. The first kappa shape index (κ1) is 21.5. The number of halogens is 2. The van der Waals surface area contributed by atoms with Crippen LogP contribution in [0.25, 0.3) is 0 Å². The van der Waals surface area contributed by atoms with Gasteiger partial charge < -0.3 is 24.8 Å². The molecule has 0 aromatic heterocycles. The fourth-order valence-electron chi connectivity index (χ4n) is 5.04. The van der Waals surface area contributed by atoms with E-state index >= 15 is 0 Å². The minimum Gasteiger partial charge on any atom is -1.00 e. The van der Waals surface area contributed by atoms with Crippen molar-refractivity contribution in [2.75, 3.05) is 0 Å². The van der Waals surface area contributed by atoms with Crippen LogP contribution in [0.4, 0.5) is 0 Å². The molecule has 25 heavy (non-hydrogen) atoms. The molecule has 2 nitrogen and oxygen atoms in total. The zero-order valence-corrected chi connectivity index (χ0v) is 18.0. The van der Waals surface area contributed by atoms with Gasteiger partial charge in [0.15, 0.2) is 0 Å². The van der Waals surface area contributed by atoms with E-state index in [1.165, 1.54) is 70.6 Å². The van der Waals surface area contributed by atoms with Gasteiger partial charge in [0.25, 0.3) is 0 Å². The molecule has 0 aliphatic heterocycles. The summed E-state index contributed by atoms with van der Waals surface area (Å²) in [4.78, 5) is 12.4. The maximum Gasteiger partial charge on any atom is -1.00 e. The number of rotatable bonds is 3. The van der Waals surface area contributed by atoms with Crippen LogP contribution in [-0.4, -0.2) is 5.97 Å².